The van der Waals surface area contributed by atoms with Gasteiger partial charge in [0.1, 0.15) is 23.9 Å². The minimum atomic E-state index is 0.259. The SMILES string of the molecule is Nc1ccc2c(c1)N=C(Nc1ccc3c(c1)OCO3)CO2. The maximum Gasteiger partial charge on any atom is 0.231 e. The van der Waals surface area contributed by atoms with Crippen LogP contribution in [-0.2, 0) is 0 Å². The highest BCUT2D eigenvalue weighted by Crippen LogP contribution is 2.35. The van der Waals surface area contributed by atoms with Gasteiger partial charge in [0, 0.05) is 17.4 Å². The van der Waals surface area contributed by atoms with Crippen LogP contribution in [0, 0.1) is 0 Å². The monoisotopic (exact) mass is 283 g/mol. The Morgan fingerprint density at radius 3 is 2.76 bits per heavy atom. The van der Waals surface area contributed by atoms with Crippen molar-refractivity contribution < 1.29 is 14.2 Å². The van der Waals surface area contributed by atoms with E-state index in [1.165, 1.54) is 0 Å². The van der Waals surface area contributed by atoms with Crippen LogP contribution in [0.15, 0.2) is 41.4 Å². The predicted molar refractivity (Wildman–Crippen MR) is 79.6 cm³/mol. The van der Waals surface area contributed by atoms with E-state index in [2.05, 4.69) is 10.3 Å². The fourth-order valence-corrected chi connectivity index (χ4v) is 2.27. The van der Waals surface area contributed by atoms with Gasteiger partial charge < -0.3 is 25.3 Å². The van der Waals surface area contributed by atoms with Crippen molar-refractivity contribution in [2.24, 2.45) is 4.99 Å². The second-order valence-electron chi connectivity index (χ2n) is 4.77. The third kappa shape index (κ3) is 2.20. The highest BCUT2D eigenvalue weighted by Gasteiger charge is 2.16. The average Bonchev–Trinajstić information content (AvgIpc) is 2.94. The molecule has 3 N–H and O–H groups in total. The lowest BCUT2D eigenvalue weighted by Crippen LogP contribution is -2.23. The summed E-state index contributed by atoms with van der Waals surface area (Å²) in [5.74, 6) is 2.93. The van der Waals surface area contributed by atoms with Crippen LogP contribution in [0.3, 0.4) is 0 Å². The van der Waals surface area contributed by atoms with Gasteiger partial charge in [-0.1, -0.05) is 0 Å². The zero-order valence-electron chi connectivity index (χ0n) is 11.1. The van der Waals surface area contributed by atoms with Crippen molar-refractivity contribution in [2.45, 2.75) is 0 Å². The second-order valence-corrected chi connectivity index (χ2v) is 4.77. The van der Waals surface area contributed by atoms with Crippen LogP contribution in [0.2, 0.25) is 0 Å². The van der Waals surface area contributed by atoms with Gasteiger partial charge in [-0.3, -0.25) is 0 Å². The molecule has 0 saturated carbocycles. The fourth-order valence-electron chi connectivity index (χ4n) is 2.27. The van der Waals surface area contributed by atoms with E-state index in [1.807, 2.05) is 24.3 Å². The number of benzene rings is 2. The fraction of sp³-hybridized carbons (Fsp3) is 0.133. The summed E-state index contributed by atoms with van der Waals surface area (Å²) >= 11 is 0. The van der Waals surface area contributed by atoms with Crippen molar-refractivity contribution in [1.29, 1.82) is 0 Å². The molecule has 0 spiro atoms. The Morgan fingerprint density at radius 1 is 0.952 bits per heavy atom. The van der Waals surface area contributed by atoms with E-state index in [4.69, 9.17) is 19.9 Å². The number of nitrogens with one attached hydrogen (secondary N) is 1. The van der Waals surface area contributed by atoms with Crippen LogP contribution in [0.5, 0.6) is 17.2 Å². The Labute approximate surface area is 121 Å². The number of hydrogen-bond acceptors (Lipinski definition) is 6. The van der Waals surface area contributed by atoms with Gasteiger partial charge in [-0.05, 0) is 30.3 Å². The van der Waals surface area contributed by atoms with Crippen LogP contribution in [-0.4, -0.2) is 19.2 Å². The van der Waals surface area contributed by atoms with Crippen molar-refractivity contribution in [2.75, 3.05) is 24.5 Å². The van der Waals surface area contributed by atoms with Crippen molar-refractivity contribution in [3.63, 3.8) is 0 Å². The first kappa shape index (κ1) is 11.9. The van der Waals surface area contributed by atoms with E-state index in [-0.39, 0.29) is 6.79 Å². The number of fused-ring (bicyclic) bond motifs is 2. The Hall–Kier alpha value is -2.89. The molecule has 4 rings (SSSR count). The van der Waals surface area contributed by atoms with E-state index < -0.39 is 0 Å². The molecule has 2 aromatic rings. The number of anilines is 2. The molecule has 6 nitrogen and oxygen atoms in total. The Bertz CT molecular complexity index is 743. The minimum Gasteiger partial charge on any atom is -0.483 e. The molecule has 106 valence electrons. The number of aliphatic imine (C=N–C) groups is 1. The molecule has 0 aromatic heterocycles. The van der Waals surface area contributed by atoms with Gasteiger partial charge in [-0.25, -0.2) is 4.99 Å². The maximum atomic E-state index is 5.77. The number of nitrogens with zero attached hydrogens (tertiary/aromatic N) is 1. The lowest BCUT2D eigenvalue weighted by atomic mass is 10.2. The molecule has 2 aromatic carbocycles. The highest BCUT2D eigenvalue weighted by atomic mass is 16.7. The summed E-state index contributed by atoms with van der Waals surface area (Å²) in [5, 5.41) is 3.22. The first-order chi connectivity index (χ1) is 10.3. The van der Waals surface area contributed by atoms with Gasteiger partial charge in [0.2, 0.25) is 6.79 Å². The van der Waals surface area contributed by atoms with Crippen LogP contribution in [0.25, 0.3) is 0 Å². The molecule has 0 fully saturated rings. The summed E-state index contributed by atoms with van der Waals surface area (Å²) in [7, 11) is 0. The molecule has 0 bridgehead atoms. The predicted octanol–water partition coefficient (Wildman–Crippen LogP) is 2.53. The summed E-state index contributed by atoms with van der Waals surface area (Å²) < 4.78 is 16.3. The molecule has 0 radical (unpaired) electrons. The summed E-state index contributed by atoms with van der Waals surface area (Å²) in [6.07, 6.45) is 0. The van der Waals surface area contributed by atoms with E-state index >= 15 is 0 Å². The molecule has 0 unspecified atom stereocenters. The molecule has 21 heavy (non-hydrogen) atoms. The van der Waals surface area contributed by atoms with Gasteiger partial charge in [-0.15, -0.1) is 0 Å². The third-order valence-electron chi connectivity index (χ3n) is 3.26. The number of rotatable bonds is 1. The van der Waals surface area contributed by atoms with Crippen molar-refractivity contribution in [3.05, 3.63) is 36.4 Å². The van der Waals surface area contributed by atoms with Crippen LogP contribution in [0.4, 0.5) is 17.1 Å². The van der Waals surface area contributed by atoms with Crippen LogP contribution >= 0.6 is 0 Å². The third-order valence-corrected chi connectivity index (χ3v) is 3.26. The summed E-state index contributed by atoms with van der Waals surface area (Å²) in [4.78, 5) is 4.52. The molecular formula is C15H13N3O3. The zero-order chi connectivity index (χ0) is 14.2. The maximum absolute atomic E-state index is 5.77. The standard InChI is InChI=1S/C15H13N3O3/c16-9-1-3-12-11(5-9)18-15(7-19-12)17-10-2-4-13-14(6-10)21-8-20-13/h1-6H,7-8,16H2,(H,17,18). The largest absolute Gasteiger partial charge is 0.483 e. The Kier molecular flexibility index (Phi) is 2.60. The molecule has 2 aliphatic rings. The van der Waals surface area contributed by atoms with E-state index in [1.54, 1.807) is 12.1 Å². The first-order valence-corrected chi connectivity index (χ1v) is 6.54. The minimum absolute atomic E-state index is 0.259. The molecule has 0 saturated heterocycles. The van der Waals surface area contributed by atoms with Crippen LogP contribution < -0.4 is 25.3 Å². The highest BCUT2D eigenvalue weighted by molar-refractivity contribution is 6.00. The van der Waals surface area contributed by atoms with E-state index in [0.29, 0.717) is 18.1 Å². The van der Waals surface area contributed by atoms with Gasteiger partial charge in [0.05, 0.1) is 0 Å². The summed E-state index contributed by atoms with van der Waals surface area (Å²) in [6.45, 7) is 0.640. The topological polar surface area (TPSA) is 78.1 Å². The van der Waals surface area contributed by atoms with Gasteiger partial charge >= 0.3 is 0 Å². The van der Waals surface area contributed by atoms with Gasteiger partial charge in [0.25, 0.3) is 0 Å². The molecule has 2 aliphatic heterocycles. The number of hydrogen-bond donors (Lipinski definition) is 2. The summed E-state index contributed by atoms with van der Waals surface area (Å²) in [5.41, 5.74) is 8.02. The lowest BCUT2D eigenvalue weighted by Gasteiger charge is -2.18. The smallest absolute Gasteiger partial charge is 0.231 e. The van der Waals surface area contributed by atoms with E-state index in [9.17, 15) is 0 Å². The molecule has 0 aliphatic carbocycles. The molecule has 0 atom stereocenters. The molecule has 6 heteroatoms. The van der Waals surface area contributed by atoms with Crippen molar-refractivity contribution in [1.82, 2.24) is 0 Å². The number of ether oxygens (including phenoxy) is 3. The Balaban J connectivity index is 1.60. The Morgan fingerprint density at radius 2 is 1.81 bits per heavy atom. The normalized spacial score (nSPS) is 15.0. The number of nitrogen functional groups attached to an aromatic ring is 1. The van der Waals surface area contributed by atoms with Crippen molar-refractivity contribution in [3.8, 4) is 17.2 Å². The summed E-state index contributed by atoms with van der Waals surface area (Å²) in [6, 6.07) is 11.1. The molecular weight excluding hydrogens is 270 g/mol. The van der Waals surface area contributed by atoms with Crippen LogP contribution in [0.1, 0.15) is 0 Å². The first-order valence-electron chi connectivity index (χ1n) is 6.54. The molecule has 0 amide bonds. The van der Waals surface area contributed by atoms with Gasteiger partial charge in [0.15, 0.2) is 11.5 Å². The molecule has 2 heterocycles. The second kappa shape index (κ2) is 4.59. The van der Waals surface area contributed by atoms with Gasteiger partial charge in [-0.2, -0.15) is 0 Å². The number of nitrogens with two attached hydrogens (primary N) is 1. The number of amidine groups is 1. The average molecular weight is 283 g/mol. The quantitative estimate of drug-likeness (QED) is 0.786. The van der Waals surface area contributed by atoms with Crippen molar-refractivity contribution >= 4 is 22.9 Å². The van der Waals surface area contributed by atoms with E-state index in [0.717, 1.165) is 28.6 Å². The zero-order valence-corrected chi connectivity index (χ0v) is 11.1. The lowest BCUT2D eigenvalue weighted by molar-refractivity contribution is 0.174.